The summed E-state index contributed by atoms with van der Waals surface area (Å²) in [6.07, 6.45) is -3.89. The minimum atomic E-state index is -4.56. The highest BCUT2D eigenvalue weighted by Crippen LogP contribution is 2.29. The lowest BCUT2D eigenvalue weighted by molar-refractivity contribution is -0.138. The molecule has 1 aromatic heterocycles. The molecule has 3 N–H and O–H groups in total. The summed E-state index contributed by atoms with van der Waals surface area (Å²) in [7, 11) is 0. The Bertz CT molecular complexity index is 747. The molecule has 0 radical (unpaired) electrons. The van der Waals surface area contributed by atoms with Gasteiger partial charge in [0.15, 0.2) is 0 Å². The van der Waals surface area contributed by atoms with Crippen LogP contribution in [0.15, 0.2) is 41.3 Å². The molecule has 0 spiro atoms. The third-order valence-electron chi connectivity index (χ3n) is 2.89. The van der Waals surface area contributed by atoms with Crippen LogP contribution >= 0.6 is 11.6 Å². The Kier molecular flexibility index (Phi) is 5.17. The van der Waals surface area contributed by atoms with Crippen LogP contribution in [0.3, 0.4) is 0 Å². The first-order valence-corrected chi connectivity index (χ1v) is 6.90. The van der Waals surface area contributed by atoms with Crippen molar-refractivity contribution >= 4 is 23.0 Å². The van der Waals surface area contributed by atoms with E-state index in [0.717, 1.165) is 6.07 Å². The largest absolute Gasteiger partial charge is 0.417 e. The van der Waals surface area contributed by atoms with E-state index in [-0.39, 0.29) is 17.3 Å². The topological polar surface area (TPSA) is 66.3 Å². The van der Waals surface area contributed by atoms with Crippen molar-refractivity contribution in [2.75, 3.05) is 23.9 Å². The van der Waals surface area contributed by atoms with Crippen molar-refractivity contribution in [1.29, 1.82) is 0 Å². The second kappa shape index (κ2) is 6.93. The number of aliphatic hydroxyl groups excluding tert-OH is 1. The fourth-order valence-corrected chi connectivity index (χ4v) is 2.01. The van der Waals surface area contributed by atoms with Gasteiger partial charge in [0.2, 0.25) is 0 Å². The minimum absolute atomic E-state index is 0.0583. The number of halogens is 4. The SMILES string of the molecule is O=c1ccc(C(F)(F)F)cn1Nc1ccc(NCCO)cc1Cl. The molecule has 9 heteroatoms. The van der Waals surface area contributed by atoms with Crippen LogP contribution < -0.4 is 16.3 Å². The van der Waals surface area contributed by atoms with Crippen molar-refractivity contribution in [3.63, 3.8) is 0 Å². The lowest BCUT2D eigenvalue weighted by atomic mass is 10.2. The van der Waals surface area contributed by atoms with E-state index in [0.29, 0.717) is 29.2 Å². The van der Waals surface area contributed by atoms with Gasteiger partial charge in [-0.25, -0.2) is 4.68 Å². The van der Waals surface area contributed by atoms with Gasteiger partial charge >= 0.3 is 6.18 Å². The fraction of sp³-hybridized carbons (Fsp3) is 0.214. The number of rotatable bonds is 5. The molecule has 0 saturated heterocycles. The summed E-state index contributed by atoms with van der Waals surface area (Å²) in [6, 6.07) is 6.18. The summed E-state index contributed by atoms with van der Waals surface area (Å²) >= 11 is 6.04. The molecule has 2 aromatic rings. The molecule has 0 unspecified atom stereocenters. The second-order valence-corrected chi connectivity index (χ2v) is 4.99. The van der Waals surface area contributed by atoms with E-state index in [4.69, 9.17) is 16.7 Å². The molecule has 2 rings (SSSR count). The third kappa shape index (κ3) is 4.40. The molecule has 0 fully saturated rings. The molecule has 124 valence electrons. The van der Waals surface area contributed by atoms with E-state index in [2.05, 4.69) is 10.7 Å². The van der Waals surface area contributed by atoms with Crippen LogP contribution in [0, 0.1) is 0 Å². The number of aromatic nitrogens is 1. The number of hydrogen-bond acceptors (Lipinski definition) is 4. The first-order valence-electron chi connectivity index (χ1n) is 6.52. The first-order chi connectivity index (χ1) is 10.8. The molecule has 0 aliphatic rings. The van der Waals surface area contributed by atoms with E-state index in [1.165, 1.54) is 12.1 Å². The summed E-state index contributed by atoms with van der Waals surface area (Å²) in [5.74, 6) is 0. The number of benzene rings is 1. The van der Waals surface area contributed by atoms with Crippen molar-refractivity contribution in [2.45, 2.75) is 6.18 Å². The Morgan fingerprint density at radius 3 is 2.57 bits per heavy atom. The number of alkyl halides is 3. The van der Waals surface area contributed by atoms with E-state index in [1.54, 1.807) is 6.07 Å². The zero-order valence-electron chi connectivity index (χ0n) is 11.7. The first kappa shape index (κ1) is 17.2. The molecule has 0 bridgehead atoms. The van der Waals surface area contributed by atoms with Gasteiger partial charge in [-0.15, -0.1) is 0 Å². The van der Waals surface area contributed by atoms with Crippen molar-refractivity contribution in [3.05, 3.63) is 57.5 Å². The van der Waals surface area contributed by atoms with E-state index in [9.17, 15) is 18.0 Å². The number of nitrogens with one attached hydrogen (secondary N) is 2. The standard InChI is InChI=1S/C14H13ClF3N3O2/c15-11-7-10(19-5-6-22)2-3-12(11)20-21-8-9(14(16,17)18)1-4-13(21)23/h1-4,7-8,19-20,22H,5-6H2. The predicted octanol–water partition coefficient (Wildman–Crippen LogP) is 2.80. The van der Waals surface area contributed by atoms with Crippen LogP contribution in [0.5, 0.6) is 0 Å². The molecule has 1 heterocycles. The Morgan fingerprint density at radius 2 is 1.96 bits per heavy atom. The summed E-state index contributed by atoms with van der Waals surface area (Å²) in [5, 5.41) is 11.8. The van der Waals surface area contributed by atoms with Crippen molar-refractivity contribution in [1.82, 2.24) is 4.68 Å². The molecule has 1 aromatic carbocycles. The molecule has 0 aliphatic carbocycles. The fourth-order valence-electron chi connectivity index (χ4n) is 1.79. The summed E-state index contributed by atoms with van der Waals surface area (Å²) in [6.45, 7) is 0.271. The maximum Gasteiger partial charge on any atom is 0.417 e. The maximum absolute atomic E-state index is 12.7. The second-order valence-electron chi connectivity index (χ2n) is 4.58. The predicted molar refractivity (Wildman–Crippen MR) is 81.8 cm³/mol. The average Bonchev–Trinajstić information content (AvgIpc) is 2.48. The van der Waals surface area contributed by atoms with Gasteiger partial charge in [0.05, 0.1) is 22.9 Å². The van der Waals surface area contributed by atoms with Gasteiger partial charge < -0.3 is 10.4 Å². The van der Waals surface area contributed by atoms with Gasteiger partial charge in [-0.3, -0.25) is 10.2 Å². The number of hydrogen-bond donors (Lipinski definition) is 3. The minimum Gasteiger partial charge on any atom is -0.395 e. The van der Waals surface area contributed by atoms with Crippen molar-refractivity contribution in [3.8, 4) is 0 Å². The van der Waals surface area contributed by atoms with Crippen LogP contribution in [-0.2, 0) is 6.18 Å². The number of anilines is 2. The highest BCUT2D eigenvalue weighted by molar-refractivity contribution is 6.33. The van der Waals surface area contributed by atoms with E-state index >= 15 is 0 Å². The summed E-state index contributed by atoms with van der Waals surface area (Å²) in [4.78, 5) is 11.7. The summed E-state index contributed by atoms with van der Waals surface area (Å²) < 4.78 is 38.8. The maximum atomic E-state index is 12.7. The smallest absolute Gasteiger partial charge is 0.395 e. The lowest BCUT2D eigenvalue weighted by Gasteiger charge is -2.14. The molecule has 0 atom stereocenters. The van der Waals surface area contributed by atoms with Gasteiger partial charge in [0, 0.05) is 24.5 Å². The normalized spacial score (nSPS) is 11.3. The molecular formula is C14H13ClF3N3O2. The van der Waals surface area contributed by atoms with Crippen molar-refractivity contribution in [2.24, 2.45) is 0 Å². The number of pyridine rings is 1. The van der Waals surface area contributed by atoms with E-state index < -0.39 is 17.3 Å². The highest BCUT2D eigenvalue weighted by atomic mass is 35.5. The van der Waals surface area contributed by atoms with Crippen molar-refractivity contribution < 1.29 is 18.3 Å². The Labute approximate surface area is 134 Å². The van der Waals surface area contributed by atoms with Gasteiger partial charge in [0.25, 0.3) is 5.56 Å². The van der Waals surface area contributed by atoms with Gasteiger partial charge in [0.1, 0.15) is 0 Å². The average molecular weight is 348 g/mol. The van der Waals surface area contributed by atoms with Gasteiger partial charge in [-0.2, -0.15) is 13.2 Å². The number of nitrogens with zero attached hydrogens (tertiary/aromatic N) is 1. The van der Waals surface area contributed by atoms with Gasteiger partial charge in [-0.1, -0.05) is 11.6 Å². The Hall–Kier alpha value is -2.19. The zero-order chi connectivity index (χ0) is 17.0. The van der Waals surface area contributed by atoms with Gasteiger partial charge in [-0.05, 0) is 24.3 Å². The highest BCUT2D eigenvalue weighted by Gasteiger charge is 2.31. The monoisotopic (exact) mass is 347 g/mol. The molecule has 0 amide bonds. The van der Waals surface area contributed by atoms with E-state index in [1.807, 2.05) is 0 Å². The molecular weight excluding hydrogens is 335 g/mol. The Morgan fingerprint density at radius 1 is 1.22 bits per heavy atom. The summed E-state index contributed by atoms with van der Waals surface area (Å²) in [5.41, 5.74) is 1.82. The zero-order valence-corrected chi connectivity index (χ0v) is 12.4. The molecule has 23 heavy (non-hydrogen) atoms. The molecule has 0 aliphatic heterocycles. The van der Waals surface area contributed by atoms with Crippen LogP contribution in [-0.4, -0.2) is 22.9 Å². The lowest BCUT2D eigenvalue weighted by Crippen LogP contribution is -2.27. The van der Waals surface area contributed by atoms with Crippen LogP contribution in [0.2, 0.25) is 5.02 Å². The van der Waals surface area contributed by atoms with Crippen LogP contribution in [0.4, 0.5) is 24.5 Å². The third-order valence-corrected chi connectivity index (χ3v) is 3.20. The van der Waals surface area contributed by atoms with Crippen LogP contribution in [0.25, 0.3) is 0 Å². The Balaban J connectivity index is 2.27. The molecule has 5 nitrogen and oxygen atoms in total. The quantitative estimate of drug-likeness (QED) is 0.778. The molecule has 0 saturated carbocycles. The van der Waals surface area contributed by atoms with Crippen LogP contribution in [0.1, 0.15) is 5.56 Å². The number of aliphatic hydroxyl groups is 1.